The van der Waals surface area contributed by atoms with E-state index in [1.54, 1.807) is 42.5 Å². The van der Waals surface area contributed by atoms with E-state index in [2.05, 4.69) is 5.32 Å². The number of halogens is 2. The SMILES string of the molecule is Cc1ccc(S(=O)(=O)N(CC(=O)N(Cc2c(Cl)cccc2Cl)[C@H](Cc2ccccc2)C(=O)NC(C)(C)C)c2ccc(C(C)C)cc2)cc1. The summed E-state index contributed by atoms with van der Waals surface area (Å²) >= 11 is 13.2. The molecule has 48 heavy (non-hydrogen) atoms. The van der Waals surface area contributed by atoms with Crippen LogP contribution in [0.3, 0.4) is 0 Å². The highest BCUT2D eigenvalue weighted by molar-refractivity contribution is 7.92. The molecule has 0 saturated heterocycles. The van der Waals surface area contributed by atoms with Gasteiger partial charge in [0.15, 0.2) is 0 Å². The third kappa shape index (κ3) is 9.40. The highest BCUT2D eigenvalue weighted by Gasteiger charge is 2.36. The summed E-state index contributed by atoms with van der Waals surface area (Å²) in [5.41, 5.74) is 2.90. The molecule has 7 nitrogen and oxygen atoms in total. The summed E-state index contributed by atoms with van der Waals surface area (Å²) in [5.74, 6) is -0.768. The molecule has 0 bridgehead atoms. The molecule has 0 radical (unpaired) electrons. The van der Waals surface area contributed by atoms with E-state index in [1.165, 1.54) is 17.0 Å². The van der Waals surface area contributed by atoms with Crippen LogP contribution in [0.1, 0.15) is 62.8 Å². The zero-order valence-electron chi connectivity index (χ0n) is 28.2. The topological polar surface area (TPSA) is 86.8 Å². The second-order valence-electron chi connectivity index (χ2n) is 13.2. The summed E-state index contributed by atoms with van der Waals surface area (Å²) in [7, 11) is -4.22. The monoisotopic (exact) mass is 707 g/mol. The highest BCUT2D eigenvalue weighted by atomic mass is 35.5. The Morgan fingerprint density at radius 1 is 0.812 bits per heavy atom. The molecule has 0 heterocycles. The number of carbonyl (C=O) groups excluding carboxylic acids is 2. The van der Waals surface area contributed by atoms with Gasteiger partial charge in [0.25, 0.3) is 10.0 Å². The van der Waals surface area contributed by atoms with Crippen LogP contribution in [0.25, 0.3) is 0 Å². The number of hydrogen-bond acceptors (Lipinski definition) is 4. The van der Waals surface area contributed by atoms with Crippen molar-refractivity contribution in [2.75, 3.05) is 10.8 Å². The normalized spacial score (nSPS) is 12.4. The maximum atomic E-state index is 14.7. The van der Waals surface area contributed by atoms with Gasteiger partial charge >= 0.3 is 0 Å². The number of amides is 2. The Bertz CT molecular complexity index is 1800. The molecule has 0 aliphatic heterocycles. The summed E-state index contributed by atoms with van der Waals surface area (Å²) < 4.78 is 29.7. The Labute approximate surface area is 294 Å². The number of carbonyl (C=O) groups is 2. The molecule has 0 fully saturated rings. The number of aryl methyl sites for hydroxylation is 1. The number of rotatable bonds is 12. The van der Waals surface area contributed by atoms with Gasteiger partial charge in [-0.15, -0.1) is 0 Å². The molecule has 1 atom stereocenters. The van der Waals surface area contributed by atoms with Crippen molar-refractivity contribution in [2.24, 2.45) is 0 Å². The molecule has 4 rings (SSSR count). The standard InChI is InChI=1S/C38H43Cl2N3O4S/c1-26(2)29-17-19-30(20-18-29)43(48(46,47)31-21-15-27(3)16-22-31)25-36(44)42(24-32-33(39)13-10-14-34(32)40)35(37(45)41-38(4,5)6)23-28-11-8-7-9-12-28/h7-22,26,35H,23-25H2,1-6H3,(H,41,45)/t35-/m1/s1. The van der Waals surface area contributed by atoms with E-state index in [-0.39, 0.29) is 23.8 Å². The number of anilines is 1. The van der Waals surface area contributed by atoms with Crippen LogP contribution in [0.15, 0.2) is 102 Å². The third-order valence-electron chi connectivity index (χ3n) is 7.90. The van der Waals surface area contributed by atoms with E-state index in [1.807, 2.05) is 84.0 Å². The van der Waals surface area contributed by atoms with Gasteiger partial charge in [0.1, 0.15) is 12.6 Å². The van der Waals surface area contributed by atoms with Crippen LogP contribution in [0.2, 0.25) is 10.0 Å². The molecular weight excluding hydrogens is 665 g/mol. The van der Waals surface area contributed by atoms with Gasteiger partial charge in [0.05, 0.1) is 10.6 Å². The zero-order chi connectivity index (χ0) is 35.2. The maximum absolute atomic E-state index is 14.7. The fourth-order valence-electron chi connectivity index (χ4n) is 5.25. The Balaban J connectivity index is 1.86. The summed E-state index contributed by atoms with van der Waals surface area (Å²) in [6, 6.07) is 27.0. The third-order valence-corrected chi connectivity index (χ3v) is 10.4. The predicted octanol–water partition coefficient (Wildman–Crippen LogP) is 8.18. The molecule has 1 N–H and O–H groups in total. The molecule has 0 aromatic heterocycles. The van der Waals surface area contributed by atoms with Crippen molar-refractivity contribution in [3.63, 3.8) is 0 Å². The van der Waals surface area contributed by atoms with Crippen molar-refractivity contribution in [1.82, 2.24) is 10.2 Å². The summed E-state index contributed by atoms with van der Waals surface area (Å²) in [5, 5.41) is 3.67. The van der Waals surface area contributed by atoms with Crippen molar-refractivity contribution in [3.05, 3.63) is 129 Å². The van der Waals surface area contributed by atoms with Gasteiger partial charge in [-0.25, -0.2) is 8.42 Å². The number of nitrogens with zero attached hydrogens (tertiary/aromatic N) is 2. The summed E-state index contributed by atoms with van der Waals surface area (Å²) in [4.78, 5) is 30.2. The number of sulfonamides is 1. The first-order valence-corrected chi connectivity index (χ1v) is 18.0. The lowest BCUT2D eigenvalue weighted by molar-refractivity contribution is -0.140. The second kappa shape index (κ2) is 15.6. The quantitative estimate of drug-likeness (QED) is 0.161. The Morgan fingerprint density at radius 2 is 1.40 bits per heavy atom. The lowest BCUT2D eigenvalue weighted by Crippen LogP contribution is -2.56. The van der Waals surface area contributed by atoms with Gasteiger partial charge < -0.3 is 10.2 Å². The molecule has 0 unspecified atom stereocenters. The van der Waals surface area contributed by atoms with Crippen LogP contribution >= 0.6 is 23.2 Å². The minimum absolute atomic E-state index is 0.0424. The number of benzene rings is 4. The molecule has 10 heteroatoms. The molecule has 0 aliphatic rings. The summed E-state index contributed by atoms with van der Waals surface area (Å²) in [6.07, 6.45) is 0.171. The van der Waals surface area contributed by atoms with Gasteiger partial charge in [-0.3, -0.25) is 13.9 Å². The number of hydrogen-bond donors (Lipinski definition) is 1. The maximum Gasteiger partial charge on any atom is 0.264 e. The van der Waals surface area contributed by atoms with E-state index in [0.717, 1.165) is 21.0 Å². The fraction of sp³-hybridized carbons (Fsp3) is 0.316. The Kier molecular flexibility index (Phi) is 12.0. The van der Waals surface area contributed by atoms with Crippen LogP contribution in [0, 0.1) is 6.92 Å². The largest absolute Gasteiger partial charge is 0.350 e. The molecular formula is C38H43Cl2N3O4S. The zero-order valence-corrected chi connectivity index (χ0v) is 30.5. The van der Waals surface area contributed by atoms with Crippen molar-refractivity contribution in [3.8, 4) is 0 Å². The summed E-state index contributed by atoms with van der Waals surface area (Å²) in [6.45, 7) is 10.8. The van der Waals surface area contributed by atoms with Gasteiger partial charge in [-0.1, -0.05) is 103 Å². The van der Waals surface area contributed by atoms with E-state index in [0.29, 0.717) is 21.3 Å². The van der Waals surface area contributed by atoms with Crippen LogP contribution in [-0.2, 0) is 32.6 Å². The Morgan fingerprint density at radius 3 is 1.94 bits per heavy atom. The lowest BCUT2D eigenvalue weighted by Gasteiger charge is -2.35. The van der Waals surface area contributed by atoms with Crippen LogP contribution in [0.5, 0.6) is 0 Å². The minimum Gasteiger partial charge on any atom is -0.350 e. The molecule has 0 spiro atoms. The molecule has 2 amide bonds. The van der Waals surface area contributed by atoms with E-state index >= 15 is 0 Å². The highest BCUT2D eigenvalue weighted by Crippen LogP contribution is 2.30. The van der Waals surface area contributed by atoms with E-state index in [4.69, 9.17) is 23.2 Å². The first kappa shape index (κ1) is 37.0. The molecule has 4 aromatic rings. The smallest absolute Gasteiger partial charge is 0.264 e. The van der Waals surface area contributed by atoms with Crippen LogP contribution < -0.4 is 9.62 Å². The molecule has 4 aromatic carbocycles. The van der Waals surface area contributed by atoms with Crippen molar-refractivity contribution < 1.29 is 18.0 Å². The fourth-order valence-corrected chi connectivity index (χ4v) is 7.18. The average Bonchev–Trinajstić information content (AvgIpc) is 3.02. The van der Waals surface area contributed by atoms with Crippen molar-refractivity contribution >= 4 is 50.7 Å². The lowest BCUT2D eigenvalue weighted by atomic mass is 10.0. The van der Waals surface area contributed by atoms with Crippen molar-refractivity contribution in [2.45, 2.75) is 76.9 Å². The van der Waals surface area contributed by atoms with Gasteiger partial charge in [-0.05, 0) is 81.1 Å². The van der Waals surface area contributed by atoms with Crippen LogP contribution in [-0.4, -0.2) is 43.3 Å². The first-order chi connectivity index (χ1) is 22.6. The second-order valence-corrected chi connectivity index (χ2v) is 15.9. The average molecular weight is 709 g/mol. The first-order valence-electron chi connectivity index (χ1n) is 15.8. The van der Waals surface area contributed by atoms with Gasteiger partial charge in [0.2, 0.25) is 11.8 Å². The molecule has 0 saturated carbocycles. The minimum atomic E-state index is -4.22. The molecule has 254 valence electrons. The molecule has 0 aliphatic carbocycles. The Hall–Kier alpha value is -3.85. The van der Waals surface area contributed by atoms with E-state index in [9.17, 15) is 18.0 Å². The predicted molar refractivity (Wildman–Crippen MR) is 195 cm³/mol. The number of nitrogens with one attached hydrogen (secondary N) is 1. The van der Waals surface area contributed by atoms with Gasteiger partial charge in [0, 0.05) is 34.1 Å². The van der Waals surface area contributed by atoms with E-state index < -0.39 is 40.0 Å². The van der Waals surface area contributed by atoms with Crippen LogP contribution in [0.4, 0.5) is 5.69 Å². The van der Waals surface area contributed by atoms with Crippen molar-refractivity contribution in [1.29, 1.82) is 0 Å². The van der Waals surface area contributed by atoms with Gasteiger partial charge in [-0.2, -0.15) is 0 Å².